The van der Waals surface area contributed by atoms with Gasteiger partial charge in [-0.05, 0) is 50.5 Å². The summed E-state index contributed by atoms with van der Waals surface area (Å²) in [5, 5.41) is 0. The quantitative estimate of drug-likeness (QED) is 0.341. The Hall–Kier alpha value is -1.30. The van der Waals surface area contributed by atoms with Crippen LogP contribution in [0.5, 0.6) is 0 Å². The number of unbranched alkanes of at least 4 members (excludes halogenated alkanes) is 2. The van der Waals surface area contributed by atoms with Gasteiger partial charge >= 0.3 is 0 Å². The van der Waals surface area contributed by atoms with E-state index in [4.69, 9.17) is 0 Å². The molecule has 0 aromatic heterocycles. The topological polar surface area (TPSA) is 0 Å². The van der Waals surface area contributed by atoms with Gasteiger partial charge in [-0.1, -0.05) is 87.3 Å². The molecule has 0 unspecified atom stereocenters. The maximum Gasteiger partial charge on any atom is -0.0107 e. The van der Waals surface area contributed by atoms with Crippen molar-refractivity contribution >= 4 is 0 Å². The summed E-state index contributed by atoms with van der Waals surface area (Å²) >= 11 is 0. The van der Waals surface area contributed by atoms with E-state index in [0.717, 1.165) is 0 Å². The Morgan fingerprint density at radius 2 is 1.95 bits per heavy atom. The van der Waals surface area contributed by atoms with Crippen LogP contribution in [0, 0.1) is 5.41 Å². The Kier molecular flexibility index (Phi) is 8.24. The normalized spacial score (nSPS) is 20.0. The van der Waals surface area contributed by atoms with Gasteiger partial charge in [-0.3, -0.25) is 0 Å². The van der Waals surface area contributed by atoms with Crippen LogP contribution in [-0.4, -0.2) is 0 Å². The monoisotopic (exact) mass is 298 g/mol. The lowest BCUT2D eigenvalue weighted by Gasteiger charge is -2.30. The van der Waals surface area contributed by atoms with Gasteiger partial charge in [0.05, 0.1) is 0 Å². The lowest BCUT2D eigenvalue weighted by Crippen LogP contribution is -2.16. The average molecular weight is 299 g/mol. The van der Waals surface area contributed by atoms with Crippen molar-refractivity contribution in [1.29, 1.82) is 0 Å². The maximum absolute atomic E-state index is 2.41. The molecule has 0 N–H and O–H groups in total. The number of rotatable bonds is 7. The SMILES string of the molecule is CCCC/C=C(C)/C=C/C=C(C)/C=C/C1=CCCCC1(C)C. The van der Waals surface area contributed by atoms with Gasteiger partial charge in [-0.2, -0.15) is 0 Å². The molecule has 0 nitrogen and oxygen atoms in total. The molecule has 22 heavy (non-hydrogen) atoms. The molecule has 0 bridgehead atoms. The molecular formula is C22H34. The highest BCUT2D eigenvalue weighted by Crippen LogP contribution is 2.37. The Morgan fingerprint density at radius 3 is 2.64 bits per heavy atom. The van der Waals surface area contributed by atoms with Crippen LogP contribution in [0.25, 0.3) is 0 Å². The van der Waals surface area contributed by atoms with E-state index in [1.165, 1.54) is 55.2 Å². The first-order valence-electron chi connectivity index (χ1n) is 8.86. The molecule has 1 aliphatic rings. The highest BCUT2D eigenvalue weighted by atomic mass is 14.3. The van der Waals surface area contributed by atoms with Crippen molar-refractivity contribution in [3.63, 3.8) is 0 Å². The van der Waals surface area contributed by atoms with Crippen molar-refractivity contribution < 1.29 is 0 Å². The third-order valence-corrected chi connectivity index (χ3v) is 4.42. The zero-order valence-corrected chi connectivity index (χ0v) is 15.3. The molecule has 0 aromatic rings. The van der Waals surface area contributed by atoms with E-state index in [1.54, 1.807) is 0 Å². The standard InChI is InChI=1S/C22H34/c1-6-7-8-12-19(2)13-11-14-20(3)16-17-21-15-9-10-18-22(21,4)5/h11-17H,6-10,18H2,1-5H3/b13-11+,17-16+,19-12+,20-14+. The molecule has 0 spiro atoms. The van der Waals surface area contributed by atoms with Gasteiger partial charge in [-0.15, -0.1) is 0 Å². The van der Waals surface area contributed by atoms with E-state index >= 15 is 0 Å². The molecular weight excluding hydrogens is 264 g/mol. The largest absolute Gasteiger partial charge is 0.0816 e. The van der Waals surface area contributed by atoms with Gasteiger partial charge in [0, 0.05) is 0 Å². The van der Waals surface area contributed by atoms with Gasteiger partial charge in [-0.25, -0.2) is 0 Å². The van der Waals surface area contributed by atoms with Crippen LogP contribution in [0.4, 0.5) is 0 Å². The van der Waals surface area contributed by atoms with Crippen LogP contribution in [0.2, 0.25) is 0 Å². The first-order chi connectivity index (χ1) is 10.5. The van der Waals surface area contributed by atoms with Crippen LogP contribution in [0.15, 0.2) is 59.3 Å². The van der Waals surface area contributed by atoms with Gasteiger partial charge < -0.3 is 0 Å². The average Bonchev–Trinajstić information content (AvgIpc) is 2.46. The van der Waals surface area contributed by atoms with E-state index in [9.17, 15) is 0 Å². The predicted octanol–water partition coefficient (Wildman–Crippen LogP) is 7.32. The van der Waals surface area contributed by atoms with Crippen molar-refractivity contribution in [3.05, 3.63) is 59.3 Å². The lowest BCUT2D eigenvalue weighted by molar-refractivity contribution is 0.385. The van der Waals surface area contributed by atoms with Gasteiger partial charge in [0.25, 0.3) is 0 Å². The second-order valence-electron chi connectivity index (χ2n) is 7.13. The molecule has 0 heteroatoms. The van der Waals surface area contributed by atoms with E-state index in [-0.39, 0.29) is 0 Å². The minimum absolute atomic E-state index is 0.337. The van der Waals surface area contributed by atoms with Crippen molar-refractivity contribution in [2.24, 2.45) is 5.41 Å². The van der Waals surface area contributed by atoms with Crippen LogP contribution in [0.1, 0.15) is 73.1 Å². The summed E-state index contributed by atoms with van der Waals surface area (Å²) in [6.45, 7) is 11.3. The molecule has 0 fully saturated rings. The van der Waals surface area contributed by atoms with Gasteiger partial charge in [0.2, 0.25) is 0 Å². The molecule has 0 aromatic carbocycles. The van der Waals surface area contributed by atoms with Crippen LogP contribution in [0.3, 0.4) is 0 Å². The molecule has 0 heterocycles. The highest BCUT2D eigenvalue weighted by molar-refractivity contribution is 5.34. The summed E-state index contributed by atoms with van der Waals surface area (Å²) < 4.78 is 0. The fourth-order valence-corrected chi connectivity index (χ4v) is 2.75. The van der Waals surface area contributed by atoms with Crippen LogP contribution < -0.4 is 0 Å². The molecule has 0 saturated heterocycles. The molecule has 1 aliphatic carbocycles. The van der Waals surface area contributed by atoms with Crippen LogP contribution >= 0.6 is 0 Å². The van der Waals surface area contributed by atoms with E-state index < -0.39 is 0 Å². The van der Waals surface area contributed by atoms with E-state index in [0.29, 0.717) is 5.41 Å². The summed E-state index contributed by atoms with van der Waals surface area (Å²) in [6.07, 6.45) is 23.5. The number of hydrogen-bond acceptors (Lipinski definition) is 0. The molecule has 0 atom stereocenters. The predicted molar refractivity (Wildman–Crippen MR) is 101 cm³/mol. The maximum atomic E-state index is 2.41. The first kappa shape index (κ1) is 18.7. The Balaban J connectivity index is 2.57. The minimum Gasteiger partial charge on any atom is -0.0816 e. The van der Waals surface area contributed by atoms with Crippen molar-refractivity contribution in [2.75, 3.05) is 0 Å². The molecule has 0 saturated carbocycles. The van der Waals surface area contributed by atoms with Crippen molar-refractivity contribution in [3.8, 4) is 0 Å². The Morgan fingerprint density at radius 1 is 1.18 bits per heavy atom. The second-order valence-corrected chi connectivity index (χ2v) is 7.13. The fourth-order valence-electron chi connectivity index (χ4n) is 2.75. The summed E-state index contributed by atoms with van der Waals surface area (Å²) in [6, 6.07) is 0. The van der Waals surface area contributed by atoms with Gasteiger partial charge in [0.1, 0.15) is 0 Å². The Bertz CT molecular complexity index is 478. The van der Waals surface area contributed by atoms with E-state index in [1.807, 2.05) is 0 Å². The summed E-state index contributed by atoms with van der Waals surface area (Å²) in [5.41, 5.74) is 4.49. The molecule has 1 rings (SSSR count). The lowest BCUT2D eigenvalue weighted by atomic mass is 9.75. The first-order valence-corrected chi connectivity index (χ1v) is 8.86. The third-order valence-electron chi connectivity index (χ3n) is 4.42. The second kappa shape index (κ2) is 9.66. The molecule has 0 amide bonds. The molecule has 0 radical (unpaired) electrons. The summed E-state index contributed by atoms with van der Waals surface area (Å²) in [4.78, 5) is 0. The zero-order chi connectivity index (χ0) is 16.4. The minimum atomic E-state index is 0.337. The Labute approximate surface area is 138 Å². The summed E-state index contributed by atoms with van der Waals surface area (Å²) in [7, 11) is 0. The molecule has 0 aliphatic heterocycles. The van der Waals surface area contributed by atoms with Crippen molar-refractivity contribution in [2.45, 2.75) is 73.1 Å². The number of hydrogen-bond donors (Lipinski definition) is 0. The van der Waals surface area contributed by atoms with Crippen molar-refractivity contribution in [1.82, 2.24) is 0 Å². The fraction of sp³-hybridized carbons (Fsp3) is 0.545. The summed E-state index contributed by atoms with van der Waals surface area (Å²) in [5.74, 6) is 0. The van der Waals surface area contributed by atoms with Crippen LogP contribution in [-0.2, 0) is 0 Å². The number of allylic oxidation sites excluding steroid dienone is 10. The third kappa shape index (κ3) is 7.11. The smallest absolute Gasteiger partial charge is 0.0107 e. The highest BCUT2D eigenvalue weighted by Gasteiger charge is 2.23. The molecule has 122 valence electrons. The van der Waals surface area contributed by atoms with E-state index in [2.05, 4.69) is 77.2 Å². The zero-order valence-electron chi connectivity index (χ0n) is 15.3. The van der Waals surface area contributed by atoms with Gasteiger partial charge in [0.15, 0.2) is 0 Å².